The molecule has 1 amide bonds. The van der Waals surface area contributed by atoms with Crippen LogP contribution in [0.3, 0.4) is 0 Å². The highest BCUT2D eigenvalue weighted by atomic mass is 32.2. The zero-order valence-electron chi connectivity index (χ0n) is 12.7. The number of hydrogen-bond acceptors (Lipinski definition) is 7. The number of anilines is 1. The number of nitrogens with zero attached hydrogens (tertiary/aromatic N) is 4. The van der Waals surface area contributed by atoms with Crippen LogP contribution in [0.4, 0.5) is 5.13 Å². The lowest BCUT2D eigenvalue weighted by molar-refractivity contribution is -0.116. The lowest BCUT2D eigenvalue weighted by Crippen LogP contribution is -2.26. The number of pyridine rings is 1. The first-order valence-corrected chi connectivity index (χ1v) is 8.55. The van der Waals surface area contributed by atoms with Crippen LogP contribution in [0.15, 0.2) is 45.8 Å². The smallest absolute Gasteiger partial charge is 0.240 e. The minimum atomic E-state index is -0.0999. The van der Waals surface area contributed by atoms with E-state index in [0.29, 0.717) is 11.7 Å². The molecule has 0 bridgehead atoms. The van der Waals surface area contributed by atoms with Crippen molar-refractivity contribution in [1.82, 2.24) is 20.1 Å². The normalized spacial score (nSPS) is 11.1. The SMILES string of the molecule is CN(C)CC(=O)Nc1nnc(Sc2ccnc3ccccc23)s1. The number of rotatable bonds is 5. The van der Waals surface area contributed by atoms with Gasteiger partial charge in [-0.3, -0.25) is 15.1 Å². The molecule has 2 aromatic heterocycles. The average molecular weight is 345 g/mol. The largest absolute Gasteiger partial charge is 0.301 e. The van der Waals surface area contributed by atoms with Gasteiger partial charge in [0.2, 0.25) is 11.0 Å². The summed E-state index contributed by atoms with van der Waals surface area (Å²) in [5.41, 5.74) is 0.946. The summed E-state index contributed by atoms with van der Waals surface area (Å²) in [6, 6.07) is 9.92. The molecular weight excluding hydrogens is 330 g/mol. The molecule has 0 saturated heterocycles. The quantitative estimate of drug-likeness (QED) is 0.717. The first-order valence-electron chi connectivity index (χ1n) is 6.91. The first kappa shape index (κ1) is 15.9. The van der Waals surface area contributed by atoms with Crippen molar-refractivity contribution in [2.45, 2.75) is 9.24 Å². The molecule has 1 aromatic carbocycles. The summed E-state index contributed by atoms with van der Waals surface area (Å²) in [6.07, 6.45) is 1.78. The molecule has 0 spiro atoms. The first-order chi connectivity index (χ1) is 11.1. The molecule has 6 nitrogen and oxygen atoms in total. The molecule has 1 N–H and O–H groups in total. The topological polar surface area (TPSA) is 71.0 Å². The Labute approximate surface area is 141 Å². The van der Waals surface area contributed by atoms with E-state index in [2.05, 4.69) is 20.5 Å². The Balaban J connectivity index is 1.75. The molecule has 3 aromatic rings. The highest BCUT2D eigenvalue weighted by Gasteiger charge is 2.11. The number of carbonyl (C=O) groups excluding carboxylic acids is 1. The molecule has 0 radical (unpaired) electrons. The van der Waals surface area contributed by atoms with Gasteiger partial charge in [-0.05, 0) is 26.2 Å². The predicted molar refractivity (Wildman–Crippen MR) is 93.0 cm³/mol. The fourth-order valence-corrected chi connectivity index (χ4v) is 3.85. The summed E-state index contributed by atoms with van der Waals surface area (Å²) in [5.74, 6) is -0.0999. The number of carbonyl (C=O) groups is 1. The monoisotopic (exact) mass is 345 g/mol. The van der Waals surface area contributed by atoms with Crippen LogP contribution >= 0.6 is 23.1 Å². The van der Waals surface area contributed by atoms with Crippen LogP contribution in [0.25, 0.3) is 10.9 Å². The summed E-state index contributed by atoms with van der Waals surface area (Å²) in [5, 5.41) is 12.5. The minimum absolute atomic E-state index is 0.0999. The molecule has 0 aliphatic carbocycles. The summed E-state index contributed by atoms with van der Waals surface area (Å²) in [7, 11) is 3.69. The maximum atomic E-state index is 11.7. The lowest BCUT2D eigenvalue weighted by atomic mass is 10.2. The van der Waals surface area contributed by atoms with Crippen molar-refractivity contribution >= 4 is 45.0 Å². The van der Waals surface area contributed by atoms with Gasteiger partial charge in [0, 0.05) is 16.5 Å². The lowest BCUT2D eigenvalue weighted by Gasteiger charge is -2.07. The van der Waals surface area contributed by atoms with E-state index in [4.69, 9.17) is 0 Å². The summed E-state index contributed by atoms with van der Waals surface area (Å²) in [4.78, 5) is 19.0. The van der Waals surface area contributed by atoms with Gasteiger partial charge in [-0.1, -0.05) is 41.3 Å². The van der Waals surface area contributed by atoms with E-state index in [9.17, 15) is 4.79 Å². The Hall–Kier alpha value is -2.03. The molecule has 0 aliphatic rings. The van der Waals surface area contributed by atoms with E-state index in [0.717, 1.165) is 20.1 Å². The van der Waals surface area contributed by atoms with Gasteiger partial charge in [-0.25, -0.2) is 0 Å². The van der Waals surface area contributed by atoms with Crippen molar-refractivity contribution in [3.63, 3.8) is 0 Å². The Bertz CT molecular complexity index is 828. The van der Waals surface area contributed by atoms with Gasteiger partial charge < -0.3 is 4.90 Å². The van der Waals surface area contributed by atoms with E-state index in [1.54, 1.807) is 11.1 Å². The second-order valence-corrected chi connectivity index (χ2v) is 7.35. The molecule has 0 unspecified atom stereocenters. The van der Waals surface area contributed by atoms with Gasteiger partial charge in [0.15, 0.2) is 4.34 Å². The molecule has 0 atom stereocenters. The van der Waals surface area contributed by atoms with Crippen molar-refractivity contribution in [3.05, 3.63) is 36.5 Å². The van der Waals surface area contributed by atoms with Crippen molar-refractivity contribution in [2.24, 2.45) is 0 Å². The third-order valence-corrected chi connectivity index (χ3v) is 4.88. The van der Waals surface area contributed by atoms with Gasteiger partial charge in [0.25, 0.3) is 0 Å². The van der Waals surface area contributed by atoms with E-state index in [1.165, 1.54) is 23.1 Å². The number of amides is 1. The van der Waals surface area contributed by atoms with Crippen LogP contribution in [0.5, 0.6) is 0 Å². The number of fused-ring (bicyclic) bond motifs is 1. The van der Waals surface area contributed by atoms with Crippen molar-refractivity contribution in [1.29, 1.82) is 0 Å². The zero-order chi connectivity index (χ0) is 16.2. The van der Waals surface area contributed by atoms with E-state index < -0.39 is 0 Å². The van der Waals surface area contributed by atoms with Gasteiger partial charge in [-0.15, -0.1) is 10.2 Å². The van der Waals surface area contributed by atoms with Crippen LogP contribution < -0.4 is 5.32 Å². The zero-order valence-corrected chi connectivity index (χ0v) is 14.3. The third kappa shape index (κ3) is 4.04. The van der Waals surface area contributed by atoms with Gasteiger partial charge in [0.05, 0.1) is 12.1 Å². The number of nitrogens with one attached hydrogen (secondary N) is 1. The van der Waals surface area contributed by atoms with Crippen LogP contribution in [-0.4, -0.2) is 46.6 Å². The molecule has 118 valence electrons. The van der Waals surface area contributed by atoms with Gasteiger partial charge in [0.1, 0.15) is 0 Å². The predicted octanol–water partition coefficient (Wildman–Crippen LogP) is 2.74. The molecule has 3 rings (SSSR count). The van der Waals surface area contributed by atoms with Crippen LogP contribution in [0, 0.1) is 0 Å². The van der Waals surface area contributed by atoms with Crippen molar-refractivity contribution in [2.75, 3.05) is 26.0 Å². The van der Waals surface area contributed by atoms with Crippen molar-refractivity contribution in [3.8, 4) is 0 Å². The second-order valence-electron chi connectivity index (χ2n) is 5.09. The molecular formula is C15H15N5OS2. The third-order valence-electron chi connectivity index (χ3n) is 2.92. The fourth-order valence-electron chi connectivity index (χ4n) is 2.00. The molecule has 2 heterocycles. The molecule has 23 heavy (non-hydrogen) atoms. The van der Waals surface area contributed by atoms with Crippen LogP contribution in [-0.2, 0) is 4.79 Å². The number of likely N-dealkylation sites (N-methyl/N-ethyl adjacent to an activating group) is 1. The summed E-state index contributed by atoms with van der Waals surface area (Å²) >= 11 is 2.88. The number of aromatic nitrogens is 3. The Morgan fingerprint density at radius 1 is 1.26 bits per heavy atom. The van der Waals surface area contributed by atoms with E-state index in [-0.39, 0.29) is 5.91 Å². The maximum absolute atomic E-state index is 11.7. The molecule has 0 saturated carbocycles. The Morgan fingerprint density at radius 2 is 2.09 bits per heavy atom. The van der Waals surface area contributed by atoms with E-state index >= 15 is 0 Å². The van der Waals surface area contributed by atoms with Gasteiger partial charge in [-0.2, -0.15) is 0 Å². The number of benzene rings is 1. The van der Waals surface area contributed by atoms with Crippen LogP contribution in [0.1, 0.15) is 0 Å². The number of para-hydroxylation sites is 1. The fraction of sp³-hybridized carbons (Fsp3) is 0.200. The highest BCUT2D eigenvalue weighted by Crippen LogP contribution is 2.35. The Kier molecular flexibility index (Phi) is 4.85. The van der Waals surface area contributed by atoms with E-state index in [1.807, 2.05) is 44.4 Å². The van der Waals surface area contributed by atoms with Crippen LogP contribution in [0.2, 0.25) is 0 Å². The molecule has 0 aliphatic heterocycles. The highest BCUT2D eigenvalue weighted by molar-refractivity contribution is 8.01. The maximum Gasteiger partial charge on any atom is 0.240 e. The summed E-state index contributed by atoms with van der Waals surface area (Å²) < 4.78 is 0.779. The standard InChI is InChI=1S/C15H15N5OS2/c1-20(2)9-13(21)17-14-18-19-15(23-14)22-12-7-8-16-11-6-4-3-5-10(11)12/h3-8H,9H2,1-2H3,(H,17,18,21). The number of hydrogen-bond donors (Lipinski definition) is 1. The van der Waals surface area contributed by atoms with Crippen molar-refractivity contribution < 1.29 is 4.79 Å². The molecule has 8 heteroatoms. The molecule has 0 fully saturated rings. The second kappa shape index (κ2) is 7.03. The minimum Gasteiger partial charge on any atom is -0.301 e. The van der Waals surface area contributed by atoms with Gasteiger partial charge >= 0.3 is 0 Å². The summed E-state index contributed by atoms with van der Waals surface area (Å²) in [6.45, 7) is 0.317. The average Bonchev–Trinajstić information content (AvgIpc) is 2.94. The Morgan fingerprint density at radius 3 is 2.91 bits per heavy atom.